The summed E-state index contributed by atoms with van der Waals surface area (Å²) in [7, 11) is 1.69. The van der Waals surface area contributed by atoms with Crippen molar-refractivity contribution in [3.8, 4) is 5.88 Å². The molecule has 1 N–H and O–H groups in total. The molecule has 3 rings (SSSR count). The summed E-state index contributed by atoms with van der Waals surface area (Å²) in [6.07, 6.45) is 4.61. The maximum atomic E-state index is 5.34. The molecule has 0 bridgehead atoms. The summed E-state index contributed by atoms with van der Waals surface area (Å²) in [6, 6.07) is 0. The van der Waals surface area contributed by atoms with Crippen molar-refractivity contribution in [2.45, 2.75) is 31.6 Å². The lowest BCUT2D eigenvalue weighted by Gasteiger charge is -2.19. The minimum absolute atomic E-state index is 0.577. The lowest BCUT2D eigenvalue weighted by Crippen LogP contribution is -2.16. The molecule has 15 heavy (non-hydrogen) atoms. The standard InChI is InChI=1S/C11H15N3O/c1-15-11-8-3-2-6-12-10(8)13-9(14-11)7-4-5-7/h7H,2-6H2,1H3,(H,12,13,14). The Morgan fingerprint density at radius 1 is 1.33 bits per heavy atom. The first-order valence-electron chi connectivity index (χ1n) is 5.57. The first-order valence-corrected chi connectivity index (χ1v) is 5.57. The molecule has 0 radical (unpaired) electrons. The van der Waals surface area contributed by atoms with E-state index in [1.54, 1.807) is 7.11 Å². The van der Waals surface area contributed by atoms with Gasteiger partial charge in [0.1, 0.15) is 11.6 Å². The molecule has 1 aliphatic carbocycles. The first kappa shape index (κ1) is 8.95. The number of methoxy groups -OCH3 is 1. The molecule has 0 saturated heterocycles. The van der Waals surface area contributed by atoms with Crippen LogP contribution >= 0.6 is 0 Å². The summed E-state index contributed by atoms with van der Waals surface area (Å²) in [5.74, 6) is 3.30. The average Bonchev–Trinajstić information content (AvgIpc) is 3.11. The zero-order chi connectivity index (χ0) is 10.3. The Balaban J connectivity index is 2.06. The molecule has 1 aromatic heterocycles. The van der Waals surface area contributed by atoms with Gasteiger partial charge in [-0.15, -0.1) is 0 Å². The van der Waals surface area contributed by atoms with Crippen LogP contribution < -0.4 is 10.1 Å². The van der Waals surface area contributed by atoms with Crippen molar-refractivity contribution in [1.29, 1.82) is 0 Å². The van der Waals surface area contributed by atoms with E-state index >= 15 is 0 Å². The van der Waals surface area contributed by atoms with Crippen LogP contribution in [0.15, 0.2) is 0 Å². The van der Waals surface area contributed by atoms with E-state index in [0.29, 0.717) is 5.92 Å². The molecule has 0 aromatic carbocycles. The number of rotatable bonds is 2. The molecule has 1 fully saturated rings. The summed E-state index contributed by atoms with van der Waals surface area (Å²) in [5, 5.41) is 3.33. The minimum Gasteiger partial charge on any atom is -0.481 e. The third-order valence-electron chi connectivity index (χ3n) is 3.02. The molecule has 4 heteroatoms. The predicted octanol–water partition coefficient (Wildman–Crippen LogP) is 1.72. The van der Waals surface area contributed by atoms with Crippen LogP contribution in [0, 0.1) is 0 Å². The molecule has 4 nitrogen and oxygen atoms in total. The number of aromatic nitrogens is 2. The van der Waals surface area contributed by atoms with E-state index in [9.17, 15) is 0 Å². The molecular weight excluding hydrogens is 190 g/mol. The molecule has 1 aliphatic heterocycles. The Morgan fingerprint density at radius 3 is 2.93 bits per heavy atom. The van der Waals surface area contributed by atoms with Crippen molar-refractivity contribution >= 4 is 5.82 Å². The monoisotopic (exact) mass is 205 g/mol. The SMILES string of the molecule is COc1nc(C2CC2)nc2c1CCCN2. The normalized spacial score (nSPS) is 19.3. The zero-order valence-electron chi connectivity index (χ0n) is 8.92. The van der Waals surface area contributed by atoms with E-state index in [2.05, 4.69) is 15.3 Å². The summed E-state index contributed by atoms with van der Waals surface area (Å²) in [6.45, 7) is 1.01. The highest BCUT2D eigenvalue weighted by Gasteiger charge is 2.29. The van der Waals surface area contributed by atoms with Crippen molar-refractivity contribution < 1.29 is 4.74 Å². The number of hydrogen-bond acceptors (Lipinski definition) is 4. The number of hydrogen-bond donors (Lipinski definition) is 1. The maximum Gasteiger partial charge on any atom is 0.221 e. The van der Waals surface area contributed by atoms with E-state index in [4.69, 9.17) is 4.74 Å². The highest BCUT2D eigenvalue weighted by Crippen LogP contribution is 2.40. The van der Waals surface area contributed by atoms with Crippen molar-refractivity contribution in [2.75, 3.05) is 19.0 Å². The Labute approximate surface area is 89.1 Å². The topological polar surface area (TPSA) is 47.0 Å². The Bertz CT molecular complexity index is 370. The third-order valence-corrected chi connectivity index (χ3v) is 3.02. The highest BCUT2D eigenvalue weighted by molar-refractivity contribution is 5.51. The summed E-state index contributed by atoms with van der Waals surface area (Å²) in [4.78, 5) is 9.07. The molecule has 2 heterocycles. The van der Waals surface area contributed by atoms with Gasteiger partial charge in [0.05, 0.1) is 12.7 Å². The molecule has 0 spiro atoms. The quantitative estimate of drug-likeness (QED) is 0.798. The summed E-state index contributed by atoms with van der Waals surface area (Å²) in [5.41, 5.74) is 1.15. The largest absolute Gasteiger partial charge is 0.481 e. The van der Waals surface area contributed by atoms with Crippen LogP contribution in [0.3, 0.4) is 0 Å². The second-order valence-electron chi connectivity index (χ2n) is 4.22. The van der Waals surface area contributed by atoms with Crippen LogP contribution in [-0.4, -0.2) is 23.6 Å². The van der Waals surface area contributed by atoms with E-state index < -0.39 is 0 Å². The number of anilines is 1. The van der Waals surface area contributed by atoms with Crippen molar-refractivity contribution in [2.24, 2.45) is 0 Å². The molecular formula is C11H15N3O. The molecule has 1 saturated carbocycles. The minimum atomic E-state index is 0.577. The lowest BCUT2D eigenvalue weighted by molar-refractivity contribution is 0.388. The van der Waals surface area contributed by atoms with Gasteiger partial charge in [-0.3, -0.25) is 0 Å². The molecule has 0 atom stereocenters. The summed E-state index contributed by atoms with van der Waals surface area (Å²) >= 11 is 0. The first-order chi connectivity index (χ1) is 7.38. The second-order valence-corrected chi connectivity index (χ2v) is 4.22. The predicted molar refractivity (Wildman–Crippen MR) is 57.4 cm³/mol. The van der Waals surface area contributed by atoms with Crippen molar-refractivity contribution in [1.82, 2.24) is 9.97 Å². The molecule has 0 amide bonds. The highest BCUT2D eigenvalue weighted by atomic mass is 16.5. The van der Waals surface area contributed by atoms with Crippen LogP contribution in [0.5, 0.6) is 5.88 Å². The van der Waals surface area contributed by atoms with Gasteiger partial charge in [0.2, 0.25) is 5.88 Å². The van der Waals surface area contributed by atoms with Crippen LogP contribution in [-0.2, 0) is 6.42 Å². The lowest BCUT2D eigenvalue weighted by atomic mass is 10.1. The van der Waals surface area contributed by atoms with Gasteiger partial charge >= 0.3 is 0 Å². The van der Waals surface area contributed by atoms with Crippen LogP contribution in [0.2, 0.25) is 0 Å². The van der Waals surface area contributed by atoms with Crippen LogP contribution in [0.1, 0.15) is 36.6 Å². The summed E-state index contributed by atoms with van der Waals surface area (Å²) < 4.78 is 5.34. The molecule has 80 valence electrons. The van der Waals surface area contributed by atoms with Crippen LogP contribution in [0.4, 0.5) is 5.82 Å². The van der Waals surface area contributed by atoms with E-state index in [0.717, 1.165) is 42.5 Å². The molecule has 1 aromatic rings. The van der Waals surface area contributed by atoms with Gasteiger partial charge in [-0.2, -0.15) is 4.98 Å². The number of fused-ring (bicyclic) bond motifs is 1. The fourth-order valence-corrected chi connectivity index (χ4v) is 2.02. The smallest absolute Gasteiger partial charge is 0.221 e. The van der Waals surface area contributed by atoms with Crippen LogP contribution in [0.25, 0.3) is 0 Å². The zero-order valence-corrected chi connectivity index (χ0v) is 8.92. The Kier molecular flexibility index (Phi) is 2.01. The van der Waals surface area contributed by atoms with Crippen molar-refractivity contribution in [3.05, 3.63) is 11.4 Å². The Morgan fingerprint density at radius 2 is 2.20 bits per heavy atom. The van der Waals surface area contributed by atoms with Gasteiger partial charge in [-0.1, -0.05) is 0 Å². The Hall–Kier alpha value is -1.32. The fourth-order valence-electron chi connectivity index (χ4n) is 2.02. The van der Waals surface area contributed by atoms with Gasteiger partial charge < -0.3 is 10.1 Å². The fraction of sp³-hybridized carbons (Fsp3) is 0.636. The third kappa shape index (κ3) is 1.54. The van der Waals surface area contributed by atoms with E-state index in [1.807, 2.05) is 0 Å². The molecule has 0 unspecified atom stereocenters. The van der Waals surface area contributed by atoms with Gasteiger partial charge in [0.15, 0.2) is 0 Å². The average molecular weight is 205 g/mol. The van der Waals surface area contributed by atoms with Crippen molar-refractivity contribution in [3.63, 3.8) is 0 Å². The van der Waals surface area contributed by atoms with E-state index in [1.165, 1.54) is 12.8 Å². The van der Waals surface area contributed by atoms with E-state index in [-0.39, 0.29) is 0 Å². The van der Waals surface area contributed by atoms with Gasteiger partial charge in [0.25, 0.3) is 0 Å². The second kappa shape index (κ2) is 3.36. The van der Waals surface area contributed by atoms with Gasteiger partial charge in [0, 0.05) is 12.5 Å². The maximum absolute atomic E-state index is 5.34. The number of ether oxygens (including phenoxy) is 1. The number of nitrogens with one attached hydrogen (secondary N) is 1. The van der Waals surface area contributed by atoms with Gasteiger partial charge in [-0.05, 0) is 25.7 Å². The number of nitrogens with zero attached hydrogens (tertiary/aromatic N) is 2. The molecule has 2 aliphatic rings. The van der Waals surface area contributed by atoms with Gasteiger partial charge in [-0.25, -0.2) is 4.98 Å².